The van der Waals surface area contributed by atoms with Crippen molar-refractivity contribution in [2.45, 2.75) is 5.92 Å². The number of hydrogen-bond acceptors (Lipinski definition) is 11. The quantitative estimate of drug-likeness (QED) is 0.363. The SMILES string of the molecule is COC(=O)C1=C(C(=O)OC)N(c2ccc(OC)c3n[nH]c(C(=O)OC)c23)C(N)=C(C#N)C1c1ccccc1. The number of hydrogen-bond donors (Lipinski definition) is 2. The number of methoxy groups -OCH3 is 4. The minimum atomic E-state index is -1.04. The Morgan fingerprint density at radius 2 is 1.63 bits per heavy atom. The van der Waals surface area contributed by atoms with Crippen molar-refractivity contribution in [2.75, 3.05) is 33.3 Å². The number of aromatic nitrogens is 2. The van der Waals surface area contributed by atoms with E-state index in [0.29, 0.717) is 11.3 Å². The van der Waals surface area contributed by atoms with Gasteiger partial charge in [0.15, 0.2) is 5.69 Å². The maximum absolute atomic E-state index is 13.3. The lowest BCUT2D eigenvalue weighted by Crippen LogP contribution is -2.41. The first-order valence-electron chi connectivity index (χ1n) is 11.1. The van der Waals surface area contributed by atoms with Crippen LogP contribution in [0.3, 0.4) is 0 Å². The molecular weight excluding hydrogens is 494 g/mol. The van der Waals surface area contributed by atoms with E-state index in [2.05, 4.69) is 16.3 Å². The molecule has 0 saturated heterocycles. The van der Waals surface area contributed by atoms with Crippen molar-refractivity contribution < 1.29 is 33.3 Å². The van der Waals surface area contributed by atoms with E-state index < -0.39 is 23.8 Å². The predicted octanol–water partition coefficient (Wildman–Crippen LogP) is 2.26. The fraction of sp³-hybridized carbons (Fsp3) is 0.192. The van der Waals surface area contributed by atoms with Crippen LogP contribution in [0.4, 0.5) is 5.69 Å². The number of nitrogens with one attached hydrogen (secondary N) is 1. The van der Waals surface area contributed by atoms with Crippen LogP contribution in [-0.4, -0.2) is 56.5 Å². The Kier molecular flexibility index (Phi) is 7.02. The molecule has 38 heavy (non-hydrogen) atoms. The predicted molar refractivity (Wildman–Crippen MR) is 134 cm³/mol. The van der Waals surface area contributed by atoms with E-state index >= 15 is 0 Å². The van der Waals surface area contributed by atoms with Gasteiger partial charge in [-0.2, -0.15) is 10.4 Å². The molecular formula is C26H23N5O7. The van der Waals surface area contributed by atoms with Crippen LogP contribution in [0.15, 0.2) is 65.1 Å². The number of aromatic amines is 1. The number of allylic oxidation sites excluding steroid dienone is 1. The second-order valence-electron chi connectivity index (χ2n) is 7.94. The Labute approximate surface area is 216 Å². The molecule has 194 valence electrons. The largest absolute Gasteiger partial charge is 0.494 e. The topological polar surface area (TPSA) is 170 Å². The van der Waals surface area contributed by atoms with Crippen molar-refractivity contribution in [3.05, 3.63) is 76.4 Å². The van der Waals surface area contributed by atoms with Gasteiger partial charge < -0.3 is 24.7 Å². The highest BCUT2D eigenvalue weighted by molar-refractivity contribution is 6.13. The molecule has 1 aliphatic rings. The maximum Gasteiger partial charge on any atom is 0.356 e. The van der Waals surface area contributed by atoms with Gasteiger partial charge in [-0.3, -0.25) is 10.00 Å². The van der Waals surface area contributed by atoms with Crippen LogP contribution >= 0.6 is 0 Å². The Balaban J connectivity index is 2.17. The van der Waals surface area contributed by atoms with Gasteiger partial charge in [0.25, 0.3) is 0 Å². The number of nitrogens with zero attached hydrogens (tertiary/aromatic N) is 3. The normalized spacial score (nSPS) is 15.2. The molecule has 3 aromatic rings. The number of H-pyrrole nitrogens is 1. The number of nitriles is 1. The van der Waals surface area contributed by atoms with E-state index in [1.165, 1.54) is 31.3 Å². The van der Waals surface area contributed by atoms with Gasteiger partial charge in [-0.05, 0) is 17.7 Å². The number of fused-ring (bicyclic) bond motifs is 1. The lowest BCUT2D eigenvalue weighted by molar-refractivity contribution is -0.139. The number of carbonyl (C=O) groups excluding carboxylic acids is 3. The van der Waals surface area contributed by atoms with E-state index in [1.807, 2.05) is 0 Å². The van der Waals surface area contributed by atoms with Crippen LogP contribution < -0.4 is 15.4 Å². The molecule has 0 radical (unpaired) electrons. The lowest BCUT2D eigenvalue weighted by atomic mass is 9.80. The van der Waals surface area contributed by atoms with Crippen LogP contribution in [0.25, 0.3) is 10.9 Å². The number of carbonyl (C=O) groups is 3. The van der Waals surface area contributed by atoms with Crippen molar-refractivity contribution in [3.63, 3.8) is 0 Å². The number of benzene rings is 2. The summed E-state index contributed by atoms with van der Waals surface area (Å²) in [6, 6.07) is 13.7. The molecule has 0 spiro atoms. The summed E-state index contributed by atoms with van der Waals surface area (Å²) in [5, 5.41) is 17.2. The summed E-state index contributed by atoms with van der Waals surface area (Å²) in [7, 11) is 4.91. The molecule has 1 unspecified atom stereocenters. The van der Waals surface area contributed by atoms with Crippen LogP contribution in [0.5, 0.6) is 5.75 Å². The van der Waals surface area contributed by atoms with Crippen molar-refractivity contribution in [2.24, 2.45) is 5.73 Å². The molecule has 0 amide bonds. The first kappa shape index (κ1) is 25.8. The van der Waals surface area contributed by atoms with Gasteiger partial charge >= 0.3 is 17.9 Å². The second-order valence-corrected chi connectivity index (χ2v) is 7.94. The van der Waals surface area contributed by atoms with Gasteiger partial charge in [-0.15, -0.1) is 0 Å². The molecule has 0 saturated carbocycles. The zero-order chi connectivity index (χ0) is 27.6. The van der Waals surface area contributed by atoms with Gasteiger partial charge in [0.1, 0.15) is 22.8 Å². The average Bonchev–Trinajstić information content (AvgIpc) is 3.41. The van der Waals surface area contributed by atoms with Crippen LogP contribution in [-0.2, 0) is 23.8 Å². The average molecular weight is 517 g/mol. The molecule has 1 aromatic heterocycles. The molecule has 2 aromatic carbocycles. The molecule has 12 nitrogen and oxygen atoms in total. The summed E-state index contributed by atoms with van der Waals surface area (Å²) in [6.45, 7) is 0. The zero-order valence-electron chi connectivity index (χ0n) is 20.9. The number of ether oxygens (including phenoxy) is 4. The second kappa shape index (κ2) is 10.4. The highest BCUT2D eigenvalue weighted by Gasteiger charge is 2.44. The van der Waals surface area contributed by atoms with Crippen LogP contribution in [0.2, 0.25) is 0 Å². The Morgan fingerprint density at radius 3 is 2.21 bits per heavy atom. The third kappa shape index (κ3) is 3.96. The number of rotatable bonds is 6. The summed E-state index contributed by atoms with van der Waals surface area (Å²) < 4.78 is 20.4. The van der Waals surface area contributed by atoms with E-state index in [4.69, 9.17) is 24.7 Å². The minimum absolute atomic E-state index is 0.0312. The lowest BCUT2D eigenvalue weighted by Gasteiger charge is -2.36. The third-order valence-corrected chi connectivity index (χ3v) is 6.11. The van der Waals surface area contributed by atoms with Gasteiger partial charge in [0.2, 0.25) is 0 Å². The van der Waals surface area contributed by atoms with E-state index in [1.54, 1.807) is 30.3 Å². The molecule has 1 aliphatic heterocycles. The van der Waals surface area contributed by atoms with Crippen LogP contribution in [0, 0.1) is 11.3 Å². The summed E-state index contributed by atoms with van der Waals surface area (Å²) in [4.78, 5) is 40.4. The highest BCUT2D eigenvalue weighted by Crippen LogP contribution is 2.46. The fourth-order valence-electron chi connectivity index (χ4n) is 4.45. The number of nitrogens with two attached hydrogens (primary N) is 1. The van der Waals surface area contributed by atoms with Gasteiger partial charge in [0, 0.05) is 0 Å². The van der Waals surface area contributed by atoms with Crippen molar-refractivity contribution in [1.82, 2.24) is 10.2 Å². The molecule has 0 bridgehead atoms. The van der Waals surface area contributed by atoms with E-state index in [9.17, 15) is 19.6 Å². The molecule has 2 heterocycles. The number of esters is 3. The molecule has 12 heteroatoms. The zero-order valence-corrected chi connectivity index (χ0v) is 20.9. The summed E-state index contributed by atoms with van der Waals surface area (Å²) in [5.74, 6) is -3.49. The van der Waals surface area contributed by atoms with Crippen LogP contribution in [0.1, 0.15) is 22.0 Å². The first-order valence-corrected chi connectivity index (χ1v) is 11.1. The smallest absolute Gasteiger partial charge is 0.356 e. The highest BCUT2D eigenvalue weighted by atomic mass is 16.5. The molecule has 4 rings (SSSR count). The Morgan fingerprint density at radius 1 is 0.974 bits per heavy atom. The van der Waals surface area contributed by atoms with Crippen molar-refractivity contribution in [3.8, 4) is 11.8 Å². The summed E-state index contributed by atoms with van der Waals surface area (Å²) >= 11 is 0. The monoisotopic (exact) mass is 517 g/mol. The summed E-state index contributed by atoms with van der Waals surface area (Å²) in [5.41, 5.74) is 6.87. The Hall–Kier alpha value is -5.31. The standard InChI is InChI=1S/C26H23N5O7/c1-35-16-11-10-15(18-20(16)29-30-21(18)25(33)37-3)31-22(26(34)38-4)19(24(32)36-2)17(14(12-27)23(31)28)13-8-6-5-7-9-13/h5-11,17H,28H2,1-4H3,(H,29,30). The van der Waals surface area contributed by atoms with Crippen molar-refractivity contribution in [1.29, 1.82) is 5.26 Å². The first-order chi connectivity index (χ1) is 18.3. The van der Waals surface area contributed by atoms with E-state index in [0.717, 1.165) is 14.2 Å². The fourth-order valence-corrected chi connectivity index (χ4v) is 4.45. The number of anilines is 1. The molecule has 0 fully saturated rings. The van der Waals surface area contributed by atoms with Crippen molar-refractivity contribution >= 4 is 34.5 Å². The molecule has 1 atom stereocenters. The maximum atomic E-state index is 13.3. The van der Waals surface area contributed by atoms with Gasteiger partial charge in [0.05, 0.1) is 62.6 Å². The van der Waals surface area contributed by atoms with E-state index in [-0.39, 0.29) is 44.9 Å². The Bertz CT molecular complexity index is 1550. The van der Waals surface area contributed by atoms with Gasteiger partial charge in [-0.25, -0.2) is 14.4 Å². The summed E-state index contributed by atoms with van der Waals surface area (Å²) in [6.07, 6.45) is 0. The van der Waals surface area contributed by atoms with Gasteiger partial charge in [-0.1, -0.05) is 30.3 Å². The molecule has 3 N–H and O–H groups in total. The molecule has 0 aliphatic carbocycles. The minimum Gasteiger partial charge on any atom is -0.494 e. The third-order valence-electron chi connectivity index (χ3n) is 6.11.